The van der Waals surface area contributed by atoms with Crippen molar-refractivity contribution >= 4 is 27.7 Å². The van der Waals surface area contributed by atoms with E-state index in [1.165, 1.54) is 0 Å². The molecule has 0 saturated carbocycles. The number of furan rings is 1. The Morgan fingerprint density at radius 2 is 1.77 bits per heavy atom. The van der Waals surface area contributed by atoms with Gasteiger partial charge in [0.2, 0.25) is 5.91 Å². The number of hydrogen-bond acceptors (Lipinski definition) is 4. The Balaban J connectivity index is 1.75. The molecule has 0 spiro atoms. The fourth-order valence-corrected chi connectivity index (χ4v) is 4.18. The molecule has 0 fully saturated rings. The molecule has 3 rings (SSSR count). The van der Waals surface area contributed by atoms with Gasteiger partial charge in [-0.2, -0.15) is 0 Å². The number of carbonyl (C=O) groups excluding carboxylic acids is 2. The van der Waals surface area contributed by atoms with E-state index in [1.807, 2.05) is 56.3 Å². The molecule has 0 aliphatic heterocycles. The Morgan fingerprint density at radius 1 is 0.971 bits per heavy atom. The first-order valence-electron chi connectivity index (χ1n) is 12.0. The molecule has 7 heteroatoms. The topological polar surface area (TPSA) is 63.0 Å². The Labute approximate surface area is 216 Å². The van der Waals surface area contributed by atoms with Crippen molar-refractivity contribution in [3.63, 3.8) is 0 Å². The van der Waals surface area contributed by atoms with Gasteiger partial charge in [0.1, 0.15) is 18.1 Å². The summed E-state index contributed by atoms with van der Waals surface area (Å²) in [7, 11) is 0. The summed E-state index contributed by atoms with van der Waals surface area (Å²) in [6.07, 6.45) is 1.37. The molecule has 0 radical (unpaired) electrons. The van der Waals surface area contributed by atoms with Crippen molar-refractivity contribution in [2.75, 3.05) is 32.8 Å². The molecular weight excluding hydrogens is 508 g/mol. The average molecular weight is 541 g/mol. The minimum atomic E-state index is -0.173. The monoisotopic (exact) mass is 540 g/mol. The lowest BCUT2D eigenvalue weighted by Crippen LogP contribution is -2.44. The summed E-state index contributed by atoms with van der Waals surface area (Å²) in [5.41, 5.74) is 1.70. The Hall–Kier alpha value is -2.90. The van der Waals surface area contributed by atoms with E-state index in [2.05, 4.69) is 28.1 Å². The zero-order valence-corrected chi connectivity index (χ0v) is 22.0. The zero-order valence-electron chi connectivity index (χ0n) is 20.4. The Kier molecular flexibility index (Phi) is 10.6. The first kappa shape index (κ1) is 26.7. The number of carbonyl (C=O) groups is 2. The molecule has 0 N–H and O–H groups in total. The zero-order chi connectivity index (χ0) is 25.0. The molecule has 186 valence electrons. The van der Waals surface area contributed by atoms with E-state index >= 15 is 0 Å². The summed E-state index contributed by atoms with van der Waals surface area (Å²) in [4.78, 5) is 30.3. The number of aryl methyl sites for hydroxylation is 1. The molecule has 0 unspecified atom stereocenters. The molecule has 2 amide bonds. The number of hydrogen-bond donors (Lipinski definition) is 0. The average Bonchev–Trinajstić information content (AvgIpc) is 3.28. The molecule has 1 heterocycles. The largest absolute Gasteiger partial charge is 0.464 e. The number of nitrogens with zero attached hydrogens (tertiary/aromatic N) is 2. The quantitative estimate of drug-likeness (QED) is 0.269. The van der Waals surface area contributed by atoms with Crippen molar-refractivity contribution < 1.29 is 18.7 Å². The fraction of sp³-hybridized carbons (Fsp3) is 0.357. The van der Waals surface area contributed by atoms with Crippen LogP contribution in [0.5, 0.6) is 0 Å². The van der Waals surface area contributed by atoms with Gasteiger partial charge in [0.25, 0.3) is 5.91 Å². The van der Waals surface area contributed by atoms with Crippen LogP contribution in [-0.4, -0.2) is 54.5 Å². The second-order valence-corrected chi connectivity index (χ2v) is 9.27. The van der Waals surface area contributed by atoms with Crippen molar-refractivity contribution in [1.29, 1.82) is 0 Å². The third kappa shape index (κ3) is 8.67. The third-order valence-electron chi connectivity index (χ3n) is 5.61. The standard InChI is InChI=1S/C28H33BrN2O4/c1-3-34-18-8-16-31(28(33)24-11-7-12-25(29)19-24)21-27(32)30(20-26-14-13-22(2)35-26)17-15-23-9-5-4-6-10-23/h4-7,9-14,19H,3,8,15-18,20-21H2,1-2H3. The van der Waals surface area contributed by atoms with Crippen LogP contribution in [0.15, 0.2) is 75.6 Å². The first-order valence-corrected chi connectivity index (χ1v) is 12.7. The normalized spacial score (nSPS) is 10.8. The number of ether oxygens (including phenoxy) is 1. The van der Waals surface area contributed by atoms with Gasteiger partial charge in [-0.05, 0) is 62.6 Å². The van der Waals surface area contributed by atoms with E-state index in [9.17, 15) is 9.59 Å². The van der Waals surface area contributed by atoms with Crippen LogP contribution in [0.4, 0.5) is 0 Å². The third-order valence-corrected chi connectivity index (χ3v) is 6.11. The summed E-state index contributed by atoms with van der Waals surface area (Å²) in [6, 6.07) is 21.1. The molecule has 0 bridgehead atoms. The molecule has 2 aromatic carbocycles. The minimum Gasteiger partial charge on any atom is -0.464 e. The van der Waals surface area contributed by atoms with Crippen molar-refractivity contribution in [3.05, 3.63) is 93.9 Å². The van der Waals surface area contributed by atoms with E-state index in [1.54, 1.807) is 21.9 Å². The number of halogens is 1. The van der Waals surface area contributed by atoms with Gasteiger partial charge in [-0.3, -0.25) is 9.59 Å². The summed E-state index contributed by atoms with van der Waals surface area (Å²) in [5.74, 6) is 1.24. The Morgan fingerprint density at radius 3 is 2.46 bits per heavy atom. The predicted molar refractivity (Wildman–Crippen MR) is 140 cm³/mol. The van der Waals surface area contributed by atoms with E-state index in [0.717, 1.165) is 28.0 Å². The van der Waals surface area contributed by atoms with Crippen LogP contribution in [0.3, 0.4) is 0 Å². The van der Waals surface area contributed by atoms with Gasteiger partial charge >= 0.3 is 0 Å². The van der Waals surface area contributed by atoms with Gasteiger partial charge in [0.05, 0.1) is 6.54 Å². The molecule has 1 aromatic heterocycles. The SMILES string of the molecule is CCOCCCN(CC(=O)N(CCc1ccccc1)Cc1ccc(C)o1)C(=O)c1cccc(Br)c1. The van der Waals surface area contributed by atoms with Gasteiger partial charge < -0.3 is 19.0 Å². The highest BCUT2D eigenvalue weighted by molar-refractivity contribution is 9.10. The van der Waals surface area contributed by atoms with Crippen molar-refractivity contribution in [1.82, 2.24) is 9.80 Å². The van der Waals surface area contributed by atoms with E-state index in [0.29, 0.717) is 44.8 Å². The lowest BCUT2D eigenvalue weighted by atomic mass is 10.1. The second-order valence-electron chi connectivity index (χ2n) is 8.35. The van der Waals surface area contributed by atoms with Gasteiger partial charge in [-0.25, -0.2) is 0 Å². The van der Waals surface area contributed by atoms with Gasteiger partial charge in [-0.1, -0.05) is 52.3 Å². The maximum Gasteiger partial charge on any atom is 0.254 e. The summed E-state index contributed by atoms with van der Waals surface area (Å²) in [5, 5.41) is 0. The van der Waals surface area contributed by atoms with Crippen LogP contribution in [0.25, 0.3) is 0 Å². The molecule has 0 saturated heterocycles. The highest BCUT2D eigenvalue weighted by Gasteiger charge is 2.23. The second kappa shape index (κ2) is 13.9. The van der Waals surface area contributed by atoms with E-state index < -0.39 is 0 Å². The summed E-state index contributed by atoms with van der Waals surface area (Å²) in [6.45, 7) is 6.29. The maximum atomic E-state index is 13.5. The van der Waals surface area contributed by atoms with Crippen molar-refractivity contribution in [2.24, 2.45) is 0 Å². The van der Waals surface area contributed by atoms with Gasteiger partial charge in [0, 0.05) is 36.3 Å². The van der Waals surface area contributed by atoms with Crippen LogP contribution in [-0.2, 0) is 22.5 Å². The lowest BCUT2D eigenvalue weighted by Gasteiger charge is -2.27. The van der Waals surface area contributed by atoms with Crippen LogP contribution in [0.1, 0.15) is 40.8 Å². The number of rotatable bonds is 13. The van der Waals surface area contributed by atoms with Crippen molar-refractivity contribution in [2.45, 2.75) is 33.2 Å². The van der Waals surface area contributed by atoms with Gasteiger partial charge in [-0.15, -0.1) is 0 Å². The summed E-state index contributed by atoms with van der Waals surface area (Å²) >= 11 is 3.43. The lowest BCUT2D eigenvalue weighted by molar-refractivity contribution is -0.132. The van der Waals surface area contributed by atoms with Crippen LogP contribution in [0, 0.1) is 6.92 Å². The fourth-order valence-electron chi connectivity index (χ4n) is 3.78. The number of benzene rings is 2. The Bertz CT molecular complexity index is 1080. The molecule has 35 heavy (non-hydrogen) atoms. The predicted octanol–water partition coefficient (Wildman–Crippen LogP) is 5.49. The number of amides is 2. The van der Waals surface area contributed by atoms with E-state index in [-0.39, 0.29) is 18.4 Å². The molecule has 0 aliphatic carbocycles. The van der Waals surface area contributed by atoms with Crippen LogP contribution < -0.4 is 0 Å². The highest BCUT2D eigenvalue weighted by atomic mass is 79.9. The smallest absolute Gasteiger partial charge is 0.254 e. The molecule has 6 nitrogen and oxygen atoms in total. The first-order chi connectivity index (χ1) is 17.0. The molecule has 3 aromatic rings. The highest BCUT2D eigenvalue weighted by Crippen LogP contribution is 2.16. The minimum absolute atomic E-state index is 0.00798. The van der Waals surface area contributed by atoms with E-state index in [4.69, 9.17) is 9.15 Å². The summed E-state index contributed by atoms with van der Waals surface area (Å²) < 4.78 is 12.0. The van der Waals surface area contributed by atoms with Gasteiger partial charge in [0.15, 0.2) is 0 Å². The molecular formula is C28H33BrN2O4. The molecule has 0 atom stereocenters. The van der Waals surface area contributed by atoms with Crippen LogP contribution in [0.2, 0.25) is 0 Å². The molecule has 0 aliphatic rings. The van der Waals surface area contributed by atoms with Crippen LogP contribution >= 0.6 is 15.9 Å². The maximum absolute atomic E-state index is 13.5. The van der Waals surface area contributed by atoms with Crippen molar-refractivity contribution in [3.8, 4) is 0 Å².